The van der Waals surface area contributed by atoms with Crippen LogP contribution in [0.5, 0.6) is 0 Å². The summed E-state index contributed by atoms with van der Waals surface area (Å²) < 4.78 is 22.4. The van der Waals surface area contributed by atoms with E-state index in [1.807, 2.05) is 27.0 Å². The van der Waals surface area contributed by atoms with E-state index in [0.29, 0.717) is 18.9 Å². The van der Waals surface area contributed by atoms with Crippen molar-refractivity contribution < 1.29 is 8.42 Å². The summed E-state index contributed by atoms with van der Waals surface area (Å²) in [7, 11) is -2.93. The van der Waals surface area contributed by atoms with Crippen LogP contribution in [0.2, 0.25) is 0 Å². The van der Waals surface area contributed by atoms with Crippen molar-refractivity contribution in [3.63, 3.8) is 0 Å². The third-order valence-electron chi connectivity index (χ3n) is 2.69. The molecule has 1 aromatic heterocycles. The minimum atomic E-state index is -2.93. The second-order valence-corrected chi connectivity index (χ2v) is 8.60. The van der Waals surface area contributed by atoms with Crippen molar-refractivity contribution in [3.8, 4) is 0 Å². The van der Waals surface area contributed by atoms with Crippen LogP contribution >= 0.6 is 11.3 Å². The highest BCUT2D eigenvalue weighted by molar-refractivity contribution is 7.90. The van der Waals surface area contributed by atoms with Crippen LogP contribution in [-0.4, -0.2) is 44.0 Å². The second-order valence-electron chi connectivity index (χ2n) is 5.02. The fraction of sp³-hybridized carbons (Fsp3) is 0.692. The van der Waals surface area contributed by atoms with E-state index in [1.54, 1.807) is 11.3 Å². The lowest BCUT2D eigenvalue weighted by atomic mass is 10.3. The van der Waals surface area contributed by atoms with E-state index < -0.39 is 9.84 Å². The highest BCUT2D eigenvalue weighted by Crippen LogP contribution is 2.11. The molecule has 1 rings (SSSR count). The second kappa shape index (κ2) is 8.33. The van der Waals surface area contributed by atoms with Gasteiger partial charge in [0.25, 0.3) is 0 Å². The van der Waals surface area contributed by atoms with Crippen LogP contribution in [-0.2, 0) is 16.4 Å². The summed E-state index contributed by atoms with van der Waals surface area (Å²) in [5.41, 5.74) is 0. The van der Waals surface area contributed by atoms with Crippen molar-refractivity contribution in [3.05, 3.63) is 16.1 Å². The van der Waals surface area contributed by atoms with Gasteiger partial charge in [-0.3, -0.25) is 0 Å². The molecule has 0 spiro atoms. The summed E-state index contributed by atoms with van der Waals surface area (Å²) in [4.78, 5) is 9.91. The number of aromatic nitrogens is 1. The third kappa shape index (κ3) is 8.01. The first-order valence-electron chi connectivity index (χ1n) is 6.94. The van der Waals surface area contributed by atoms with Crippen molar-refractivity contribution in [1.82, 2.24) is 15.6 Å². The highest BCUT2D eigenvalue weighted by atomic mass is 32.2. The van der Waals surface area contributed by atoms with Gasteiger partial charge >= 0.3 is 0 Å². The Bertz CT molecular complexity index is 566. The van der Waals surface area contributed by atoms with E-state index in [2.05, 4.69) is 20.6 Å². The quantitative estimate of drug-likeness (QED) is 0.581. The van der Waals surface area contributed by atoms with Gasteiger partial charge in [0.1, 0.15) is 14.8 Å². The summed E-state index contributed by atoms with van der Waals surface area (Å²) >= 11 is 1.63. The Labute approximate surface area is 131 Å². The number of nitrogens with zero attached hydrogens (tertiary/aromatic N) is 2. The molecule has 0 saturated carbocycles. The number of guanidine groups is 1. The number of hydrogen-bond acceptors (Lipinski definition) is 5. The molecule has 0 aliphatic rings. The van der Waals surface area contributed by atoms with Gasteiger partial charge in [-0.2, -0.15) is 0 Å². The number of rotatable bonds is 7. The summed E-state index contributed by atoms with van der Waals surface area (Å²) in [5, 5.41) is 7.34. The number of thiazole rings is 1. The zero-order valence-electron chi connectivity index (χ0n) is 13.0. The van der Waals surface area contributed by atoms with E-state index >= 15 is 0 Å². The highest BCUT2D eigenvalue weighted by Gasteiger charge is 2.09. The first-order chi connectivity index (χ1) is 9.80. The summed E-state index contributed by atoms with van der Waals surface area (Å²) in [6, 6.07) is 0.0376. The van der Waals surface area contributed by atoms with Gasteiger partial charge in [-0.15, -0.1) is 11.3 Å². The molecule has 0 fully saturated rings. The van der Waals surface area contributed by atoms with Crippen molar-refractivity contribution in [2.45, 2.75) is 39.8 Å². The summed E-state index contributed by atoms with van der Waals surface area (Å²) in [5.74, 6) is 0.859. The standard InChI is InChI=1S/C13H24N4O2S2/c1-5-14-13(16-9-12-15-8-11(3)20-12)17-10(2)6-7-21(4,18)19/h8,10H,5-7,9H2,1-4H3,(H2,14,16,17). The van der Waals surface area contributed by atoms with Crippen molar-refractivity contribution in [1.29, 1.82) is 0 Å². The predicted molar refractivity (Wildman–Crippen MR) is 88.6 cm³/mol. The molecule has 0 aromatic carbocycles. The molecule has 21 heavy (non-hydrogen) atoms. The molecule has 1 aromatic rings. The maximum Gasteiger partial charge on any atom is 0.191 e. The zero-order valence-corrected chi connectivity index (χ0v) is 14.6. The van der Waals surface area contributed by atoms with Crippen molar-refractivity contribution in [2.75, 3.05) is 18.6 Å². The lowest BCUT2D eigenvalue weighted by Crippen LogP contribution is -2.42. The van der Waals surface area contributed by atoms with Gasteiger partial charge in [-0.25, -0.2) is 18.4 Å². The van der Waals surface area contributed by atoms with Gasteiger partial charge in [-0.1, -0.05) is 0 Å². The zero-order chi connectivity index (χ0) is 15.9. The van der Waals surface area contributed by atoms with Gasteiger partial charge in [0.05, 0.1) is 12.3 Å². The molecule has 6 nitrogen and oxygen atoms in total. The molecule has 0 aliphatic heterocycles. The van der Waals surface area contributed by atoms with Gasteiger partial charge in [-0.05, 0) is 27.2 Å². The molecule has 2 N–H and O–H groups in total. The number of sulfone groups is 1. The van der Waals surface area contributed by atoms with Gasteiger partial charge in [0.2, 0.25) is 0 Å². The van der Waals surface area contributed by atoms with Crippen LogP contribution in [0.3, 0.4) is 0 Å². The lowest BCUT2D eigenvalue weighted by molar-refractivity contribution is 0.581. The average Bonchev–Trinajstić information content (AvgIpc) is 2.79. The Morgan fingerprint density at radius 1 is 1.52 bits per heavy atom. The molecule has 0 saturated heterocycles. The van der Waals surface area contributed by atoms with Crippen LogP contribution < -0.4 is 10.6 Å². The first kappa shape index (κ1) is 17.9. The molecule has 120 valence electrons. The van der Waals surface area contributed by atoms with E-state index in [4.69, 9.17) is 0 Å². The molecule has 0 aliphatic carbocycles. The van der Waals surface area contributed by atoms with E-state index in [9.17, 15) is 8.42 Å². The maximum absolute atomic E-state index is 11.2. The molecular weight excluding hydrogens is 308 g/mol. The van der Waals surface area contributed by atoms with Crippen molar-refractivity contribution >= 4 is 27.1 Å². The van der Waals surface area contributed by atoms with Crippen LogP contribution in [0, 0.1) is 6.92 Å². The van der Waals surface area contributed by atoms with Crippen LogP contribution in [0.15, 0.2) is 11.2 Å². The minimum absolute atomic E-state index is 0.0376. The SMILES string of the molecule is CCNC(=NCc1ncc(C)s1)NC(C)CCS(C)(=O)=O. The number of aliphatic imine (C=N–C) groups is 1. The van der Waals surface area contributed by atoms with E-state index in [-0.39, 0.29) is 11.8 Å². The Hall–Kier alpha value is -1.15. The molecular formula is C13H24N4O2S2. The lowest BCUT2D eigenvalue weighted by Gasteiger charge is -2.17. The van der Waals surface area contributed by atoms with Crippen LogP contribution in [0.25, 0.3) is 0 Å². The largest absolute Gasteiger partial charge is 0.357 e. The predicted octanol–water partition coefficient (Wildman–Crippen LogP) is 1.33. The monoisotopic (exact) mass is 332 g/mol. The third-order valence-corrected chi connectivity index (χ3v) is 4.57. The Balaban J connectivity index is 2.55. The Morgan fingerprint density at radius 3 is 2.76 bits per heavy atom. The number of aryl methyl sites for hydroxylation is 1. The minimum Gasteiger partial charge on any atom is -0.357 e. The topological polar surface area (TPSA) is 83.4 Å². The van der Waals surface area contributed by atoms with Crippen LogP contribution in [0.4, 0.5) is 0 Å². The molecule has 1 unspecified atom stereocenters. The molecule has 0 bridgehead atoms. The maximum atomic E-state index is 11.2. The normalized spacial score (nSPS) is 14.0. The molecule has 0 amide bonds. The van der Waals surface area contributed by atoms with Gasteiger partial charge in [0, 0.05) is 29.9 Å². The summed E-state index contributed by atoms with van der Waals surface area (Å²) in [6.07, 6.45) is 3.65. The first-order valence-corrected chi connectivity index (χ1v) is 9.81. The smallest absolute Gasteiger partial charge is 0.191 e. The Kier molecular flexibility index (Phi) is 7.10. The fourth-order valence-electron chi connectivity index (χ4n) is 1.64. The van der Waals surface area contributed by atoms with Gasteiger partial charge in [0.15, 0.2) is 5.96 Å². The van der Waals surface area contributed by atoms with Crippen LogP contribution in [0.1, 0.15) is 30.2 Å². The van der Waals surface area contributed by atoms with Gasteiger partial charge < -0.3 is 10.6 Å². The Morgan fingerprint density at radius 2 is 2.24 bits per heavy atom. The molecule has 1 atom stereocenters. The average molecular weight is 332 g/mol. The summed E-state index contributed by atoms with van der Waals surface area (Å²) in [6.45, 7) is 7.23. The van der Waals surface area contributed by atoms with E-state index in [0.717, 1.165) is 11.6 Å². The van der Waals surface area contributed by atoms with E-state index in [1.165, 1.54) is 11.1 Å². The number of hydrogen-bond donors (Lipinski definition) is 2. The molecule has 8 heteroatoms. The molecule has 1 heterocycles. The fourth-order valence-corrected chi connectivity index (χ4v) is 3.13. The number of nitrogens with one attached hydrogen (secondary N) is 2. The molecule has 0 radical (unpaired) electrons. The van der Waals surface area contributed by atoms with Crippen molar-refractivity contribution in [2.24, 2.45) is 4.99 Å².